The van der Waals surface area contributed by atoms with Crippen LogP contribution in [0.2, 0.25) is 0 Å². The predicted octanol–water partition coefficient (Wildman–Crippen LogP) is 4.09. The van der Waals surface area contributed by atoms with Crippen molar-refractivity contribution >= 4 is 35.6 Å². The van der Waals surface area contributed by atoms with Crippen LogP contribution in [0.25, 0.3) is 0 Å². The van der Waals surface area contributed by atoms with E-state index in [1.165, 1.54) is 11.1 Å². The second-order valence-corrected chi connectivity index (χ2v) is 11.2. The Morgan fingerprint density at radius 3 is 2.27 bits per heavy atom. The maximum Gasteiger partial charge on any atom is 0.326 e. The monoisotopic (exact) mass is 629 g/mol. The molecule has 2 heterocycles. The summed E-state index contributed by atoms with van der Waals surface area (Å²) < 4.78 is 5.09. The van der Waals surface area contributed by atoms with E-state index in [0.29, 0.717) is 18.3 Å². The van der Waals surface area contributed by atoms with Crippen molar-refractivity contribution in [2.45, 2.75) is 64.1 Å². The van der Waals surface area contributed by atoms with Crippen molar-refractivity contribution < 1.29 is 24.2 Å². The lowest BCUT2D eigenvalue weighted by Crippen LogP contribution is -2.50. The first-order valence-electron chi connectivity index (χ1n) is 15.0. The van der Waals surface area contributed by atoms with E-state index in [-0.39, 0.29) is 18.4 Å². The summed E-state index contributed by atoms with van der Waals surface area (Å²) in [5, 5.41) is 20.9. The number of benzene rings is 2. The van der Waals surface area contributed by atoms with E-state index >= 15 is 0 Å². The third-order valence-electron chi connectivity index (χ3n) is 6.68. The van der Waals surface area contributed by atoms with Gasteiger partial charge in [-0.25, -0.2) is 4.79 Å². The van der Waals surface area contributed by atoms with Crippen molar-refractivity contribution in [3.63, 3.8) is 0 Å². The summed E-state index contributed by atoms with van der Waals surface area (Å²) in [6.07, 6.45) is 7.18. The van der Waals surface area contributed by atoms with E-state index in [2.05, 4.69) is 40.3 Å². The number of anilines is 1. The van der Waals surface area contributed by atoms with Crippen molar-refractivity contribution in [2.75, 3.05) is 44.2 Å². The summed E-state index contributed by atoms with van der Waals surface area (Å²) in [5.74, 6) is 0.127. The van der Waals surface area contributed by atoms with Gasteiger partial charge in [0.05, 0.1) is 12.6 Å². The number of epoxide rings is 1. The highest BCUT2D eigenvalue weighted by molar-refractivity contribution is 7.99. The number of unbranched alkanes of at least 4 members (excludes halogenated alkanes) is 2. The van der Waals surface area contributed by atoms with Gasteiger partial charge in [-0.1, -0.05) is 55.0 Å². The molecule has 0 aromatic heterocycles. The highest BCUT2D eigenvalue weighted by Gasteiger charge is 2.27. The van der Waals surface area contributed by atoms with Gasteiger partial charge < -0.3 is 36.3 Å². The number of allylic oxidation sites excluding steroid dienone is 1. The summed E-state index contributed by atoms with van der Waals surface area (Å²) in [6, 6.07) is 16.6. The first-order valence-corrected chi connectivity index (χ1v) is 16.2. The van der Waals surface area contributed by atoms with Gasteiger partial charge in [-0.3, -0.25) is 10.1 Å². The van der Waals surface area contributed by atoms with Crippen LogP contribution in [0.5, 0.6) is 0 Å². The second kappa shape index (κ2) is 24.0. The number of hydrogen-bond acceptors (Lipinski definition) is 9. The highest BCUT2D eigenvalue weighted by Crippen LogP contribution is 2.28. The Hall–Kier alpha value is -3.38. The highest BCUT2D eigenvalue weighted by atomic mass is 32.2. The van der Waals surface area contributed by atoms with Gasteiger partial charge in [0, 0.05) is 37.2 Å². The molecule has 0 radical (unpaired) electrons. The van der Waals surface area contributed by atoms with Gasteiger partial charge in [-0.2, -0.15) is 0 Å². The van der Waals surface area contributed by atoms with Crippen molar-refractivity contribution in [3.05, 3.63) is 77.5 Å². The number of thioether (sulfide) groups is 1. The molecule has 2 fully saturated rings. The van der Waals surface area contributed by atoms with Gasteiger partial charge in [-0.05, 0) is 69.2 Å². The van der Waals surface area contributed by atoms with Crippen LogP contribution in [0.1, 0.15) is 56.8 Å². The number of carboxylic acids is 1. The summed E-state index contributed by atoms with van der Waals surface area (Å²) >= 11 is 1.63. The Morgan fingerprint density at radius 1 is 1.14 bits per heavy atom. The Labute approximate surface area is 267 Å². The molecular formula is C33H51N5O5S. The summed E-state index contributed by atoms with van der Waals surface area (Å²) in [6.45, 7) is 6.02. The molecule has 1 amide bonds. The molecule has 2 aromatic carbocycles. The number of rotatable bonds is 13. The minimum absolute atomic E-state index is 0.251. The van der Waals surface area contributed by atoms with Crippen LogP contribution in [-0.2, 0) is 25.5 Å². The molecule has 244 valence electrons. The lowest BCUT2D eigenvalue weighted by Gasteiger charge is -2.17. The SMILES string of the molecule is CCC(C)=CN.CNCCCCC=O.CNc1ccc(CC(NC(=O)C2CSCN2)C(=O)O)cc1.c1ccc(C2CO2)cc1. The van der Waals surface area contributed by atoms with Crippen LogP contribution in [-0.4, -0.2) is 74.2 Å². The molecule has 2 aliphatic heterocycles. The molecule has 10 nitrogen and oxygen atoms in total. The van der Waals surface area contributed by atoms with E-state index in [9.17, 15) is 19.5 Å². The van der Waals surface area contributed by atoms with Gasteiger partial charge in [0.2, 0.25) is 5.91 Å². The molecule has 4 rings (SSSR count). The molecule has 7 N–H and O–H groups in total. The van der Waals surface area contributed by atoms with Crippen molar-refractivity contribution in [1.29, 1.82) is 0 Å². The molecule has 0 aliphatic carbocycles. The van der Waals surface area contributed by atoms with Gasteiger partial charge in [0.15, 0.2) is 0 Å². The zero-order valence-corrected chi connectivity index (χ0v) is 27.3. The lowest BCUT2D eigenvalue weighted by molar-refractivity contribution is -0.142. The molecular weight excluding hydrogens is 578 g/mol. The van der Waals surface area contributed by atoms with Crippen molar-refractivity contribution in [2.24, 2.45) is 5.73 Å². The van der Waals surface area contributed by atoms with Crippen LogP contribution < -0.4 is 27.0 Å². The summed E-state index contributed by atoms with van der Waals surface area (Å²) in [7, 11) is 3.74. The predicted molar refractivity (Wildman–Crippen MR) is 181 cm³/mol. The molecule has 0 saturated carbocycles. The molecule has 44 heavy (non-hydrogen) atoms. The number of carbonyl (C=O) groups excluding carboxylic acids is 2. The lowest BCUT2D eigenvalue weighted by atomic mass is 10.1. The maximum atomic E-state index is 12.0. The van der Waals surface area contributed by atoms with Crippen LogP contribution in [0.15, 0.2) is 66.4 Å². The van der Waals surface area contributed by atoms with E-state index in [1.807, 2.05) is 63.5 Å². The van der Waals surface area contributed by atoms with E-state index in [4.69, 9.17) is 10.5 Å². The normalized spacial score (nSPS) is 17.2. The molecule has 3 atom stereocenters. The zero-order valence-electron chi connectivity index (χ0n) is 26.5. The Balaban J connectivity index is 0.000000345. The number of aldehydes is 1. The van der Waals surface area contributed by atoms with Gasteiger partial charge >= 0.3 is 5.97 Å². The minimum atomic E-state index is -1.02. The Bertz CT molecular complexity index is 1090. The average Bonchev–Trinajstić information content (AvgIpc) is 3.77. The largest absolute Gasteiger partial charge is 0.480 e. The smallest absolute Gasteiger partial charge is 0.326 e. The van der Waals surface area contributed by atoms with Crippen molar-refractivity contribution in [3.8, 4) is 0 Å². The van der Waals surface area contributed by atoms with Crippen LogP contribution >= 0.6 is 11.8 Å². The first kappa shape index (κ1) is 38.6. The molecule has 2 aromatic rings. The van der Waals surface area contributed by atoms with E-state index in [1.54, 1.807) is 18.0 Å². The van der Waals surface area contributed by atoms with E-state index in [0.717, 1.165) is 55.8 Å². The molecule has 11 heteroatoms. The molecule has 2 saturated heterocycles. The third-order valence-corrected chi connectivity index (χ3v) is 7.62. The van der Waals surface area contributed by atoms with Gasteiger partial charge in [-0.15, -0.1) is 11.8 Å². The average molecular weight is 630 g/mol. The number of carboxylic acid groups (broad SMARTS) is 1. The number of carbonyl (C=O) groups is 3. The molecule has 3 unspecified atom stereocenters. The van der Waals surface area contributed by atoms with E-state index < -0.39 is 12.0 Å². The molecule has 0 spiro atoms. The Morgan fingerprint density at radius 2 is 1.82 bits per heavy atom. The fourth-order valence-corrected chi connectivity index (χ4v) is 4.58. The Kier molecular flexibility index (Phi) is 21.1. The number of hydrogen-bond donors (Lipinski definition) is 6. The topological polar surface area (TPSA) is 158 Å². The van der Waals surface area contributed by atoms with Crippen LogP contribution in [0.4, 0.5) is 5.69 Å². The first-order chi connectivity index (χ1) is 21.3. The van der Waals surface area contributed by atoms with Crippen molar-refractivity contribution in [1.82, 2.24) is 16.0 Å². The van der Waals surface area contributed by atoms with Gasteiger partial charge in [0.1, 0.15) is 18.4 Å². The second-order valence-electron chi connectivity index (χ2n) is 10.2. The quantitative estimate of drug-likeness (QED) is 0.108. The number of aliphatic carboxylic acids is 1. The van der Waals surface area contributed by atoms with Gasteiger partial charge in [0.25, 0.3) is 0 Å². The molecule has 0 bridgehead atoms. The fraction of sp³-hybridized carbons (Fsp3) is 0.485. The van der Waals surface area contributed by atoms with Crippen LogP contribution in [0.3, 0.4) is 0 Å². The number of ether oxygens (including phenoxy) is 1. The summed E-state index contributed by atoms with van der Waals surface area (Å²) in [5.41, 5.74) is 9.50. The third kappa shape index (κ3) is 17.7. The standard InChI is InChI=1S/C14H19N3O3S.C8H8O.C6H13NO.C5H11N/c1-15-10-4-2-9(3-5-10)6-11(14(19)20)17-13(18)12-7-21-8-16-12;1-2-4-7(5-3-1)8-6-9-8;1-7-5-3-2-4-6-8;1-3-5(2)4-6/h2-5,11-12,15-16H,6-8H2,1H3,(H,17,18)(H,19,20);1-5,8H,6H2;6-7H,2-5H2,1H3;4H,3,6H2,1-2H3. The maximum absolute atomic E-state index is 12.0. The minimum Gasteiger partial charge on any atom is -0.480 e. The number of nitrogens with two attached hydrogens (primary N) is 1. The summed E-state index contributed by atoms with van der Waals surface area (Å²) in [4.78, 5) is 33.1. The zero-order chi connectivity index (χ0) is 32.6. The molecule has 2 aliphatic rings. The number of nitrogens with one attached hydrogen (secondary N) is 4. The van der Waals surface area contributed by atoms with Crippen LogP contribution in [0, 0.1) is 0 Å². The fourth-order valence-electron chi connectivity index (χ4n) is 3.63. The number of amides is 1.